The summed E-state index contributed by atoms with van der Waals surface area (Å²) in [6, 6.07) is 16.7. The van der Waals surface area contributed by atoms with Crippen molar-refractivity contribution in [1.82, 2.24) is 0 Å². The molecule has 1 heterocycles. The normalized spacial score (nSPS) is 18.8. The standard InChI is InChI=1S/C15H13NO2S/c17-13-8-6-11(7-9-13)15-16(14(18)10-19-15)12-4-2-1-3-5-12/h1-9,15,17H,10H2. The minimum absolute atomic E-state index is 0.0181. The highest BCUT2D eigenvalue weighted by Gasteiger charge is 2.33. The molecule has 4 heteroatoms. The van der Waals surface area contributed by atoms with Crippen molar-refractivity contribution in [1.29, 1.82) is 0 Å². The molecule has 0 bridgehead atoms. The van der Waals surface area contributed by atoms with E-state index in [2.05, 4.69) is 0 Å². The van der Waals surface area contributed by atoms with E-state index in [9.17, 15) is 9.90 Å². The molecule has 1 atom stereocenters. The van der Waals surface area contributed by atoms with Crippen LogP contribution in [-0.2, 0) is 4.79 Å². The molecule has 96 valence electrons. The van der Waals surface area contributed by atoms with Gasteiger partial charge in [-0.3, -0.25) is 9.69 Å². The summed E-state index contributed by atoms with van der Waals surface area (Å²) in [7, 11) is 0. The number of benzene rings is 2. The van der Waals surface area contributed by atoms with Crippen LogP contribution in [0.15, 0.2) is 54.6 Å². The van der Waals surface area contributed by atoms with E-state index >= 15 is 0 Å². The van der Waals surface area contributed by atoms with Gasteiger partial charge in [0.25, 0.3) is 0 Å². The molecule has 0 spiro atoms. The molecule has 1 fully saturated rings. The number of hydrogen-bond donors (Lipinski definition) is 1. The Labute approximate surface area is 115 Å². The van der Waals surface area contributed by atoms with Crippen LogP contribution in [0.1, 0.15) is 10.9 Å². The summed E-state index contributed by atoms with van der Waals surface area (Å²) in [5, 5.41) is 9.33. The first-order chi connectivity index (χ1) is 9.25. The molecule has 2 aromatic rings. The van der Waals surface area contributed by atoms with Gasteiger partial charge in [0.2, 0.25) is 5.91 Å². The number of carbonyl (C=O) groups is 1. The van der Waals surface area contributed by atoms with Crippen molar-refractivity contribution in [2.45, 2.75) is 5.37 Å². The molecule has 1 N–H and O–H groups in total. The molecule has 1 aliphatic heterocycles. The fourth-order valence-corrected chi connectivity index (χ4v) is 3.35. The van der Waals surface area contributed by atoms with Gasteiger partial charge in [0.15, 0.2) is 0 Å². The molecule has 3 rings (SSSR count). The molecular weight excluding hydrogens is 258 g/mol. The van der Waals surface area contributed by atoms with Crippen LogP contribution in [-0.4, -0.2) is 16.8 Å². The van der Waals surface area contributed by atoms with E-state index in [1.165, 1.54) is 0 Å². The van der Waals surface area contributed by atoms with Crippen LogP contribution >= 0.6 is 11.8 Å². The summed E-state index contributed by atoms with van der Waals surface area (Å²) in [6.45, 7) is 0. The second kappa shape index (κ2) is 4.97. The summed E-state index contributed by atoms with van der Waals surface area (Å²) >= 11 is 1.61. The van der Waals surface area contributed by atoms with Crippen molar-refractivity contribution in [2.24, 2.45) is 0 Å². The second-order valence-corrected chi connectivity index (χ2v) is 5.42. The molecule has 19 heavy (non-hydrogen) atoms. The Morgan fingerprint density at radius 3 is 2.42 bits per heavy atom. The van der Waals surface area contributed by atoms with Gasteiger partial charge in [0, 0.05) is 5.69 Å². The molecule has 0 aromatic heterocycles. The Morgan fingerprint density at radius 1 is 1.05 bits per heavy atom. The smallest absolute Gasteiger partial charge is 0.238 e. The van der Waals surface area contributed by atoms with Crippen molar-refractivity contribution >= 4 is 23.4 Å². The largest absolute Gasteiger partial charge is 0.508 e. The molecule has 0 saturated carbocycles. The quantitative estimate of drug-likeness (QED) is 0.912. The molecule has 1 aliphatic rings. The maximum Gasteiger partial charge on any atom is 0.238 e. The first-order valence-electron chi connectivity index (χ1n) is 6.03. The number of aromatic hydroxyl groups is 1. The summed E-state index contributed by atoms with van der Waals surface area (Å²) in [6.07, 6.45) is 0. The van der Waals surface area contributed by atoms with Crippen molar-refractivity contribution < 1.29 is 9.90 Å². The topological polar surface area (TPSA) is 40.5 Å². The monoisotopic (exact) mass is 271 g/mol. The lowest BCUT2D eigenvalue weighted by molar-refractivity contribution is -0.115. The van der Waals surface area contributed by atoms with Gasteiger partial charge in [0.05, 0.1) is 5.75 Å². The number of carbonyl (C=O) groups excluding carboxylic acids is 1. The van der Waals surface area contributed by atoms with Crippen molar-refractivity contribution in [3.05, 3.63) is 60.2 Å². The zero-order valence-electron chi connectivity index (χ0n) is 10.2. The number of rotatable bonds is 2. The predicted molar refractivity (Wildman–Crippen MR) is 77.2 cm³/mol. The van der Waals surface area contributed by atoms with Gasteiger partial charge in [-0.05, 0) is 29.8 Å². The lowest BCUT2D eigenvalue weighted by Gasteiger charge is -2.24. The second-order valence-electron chi connectivity index (χ2n) is 4.35. The van der Waals surface area contributed by atoms with Crippen LogP contribution in [0.5, 0.6) is 5.75 Å². The Hall–Kier alpha value is -1.94. The van der Waals surface area contributed by atoms with E-state index in [1.54, 1.807) is 23.9 Å². The van der Waals surface area contributed by atoms with Crippen LogP contribution in [0.3, 0.4) is 0 Å². The first kappa shape index (κ1) is 12.1. The van der Waals surface area contributed by atoms with Gasteiger partial charge in [-0.25, -0.2) is 0 Å². The van der Waals surface area contributed by atoms with Gasteiger partial charge < -0.3 is 5.11 Å². The van der Waals surface area contributed by atoms with E-state index in [-0.39, 0.29) is 17.0 Å². The number of phenols is 1. The summed E-state index contributed by atoms with van der Waals surface area (Å²) in [5.74, 6) is 0.846. The molecule has 1 amide bonds. The Kier molecular flexibility index (Phi) is 3.17. The Balaban J connectivity index is 1.97. The summed E-state index contributed by atoms with van der Waals surface area (Å²) in [5.41, 5.74) is 1.94. The number of para-hydroxylation sites is 1. The molecule has 0 radical (unpaired) electrons. The van der Waals surface area contributed by atoms with Gasteiger partial charge in [0.1, 0.15) is 11.1 Å². The third-order valence-corrected chi connectivity index (χ3v) is 4.29. The van der Waals surface area contributed by atoms with Gasteiger partial charge in [-0.15, -0.1) is 11.8 Å². The van der Waals surface area contributed by atoms with E-state index in [0.717, 1.165) is 11.3 Å². The van der Waals surface area contributed by atoms with Crippen molar-refractivity contribution in [2.75, 3.05) is 10.7 Å². The summed E-state index contributed by atoms with van der Waals surface area (Å²) < 4.78 is 0. The highest BCUT2D eigenvalue weighted by atomic mass is 32.2. The fraction of sp³-hybridized carbons (Fsp3) is 0.133. The number of phenolic OH excluding ortho intramolecular Hbond substituents is 1. The van der Waals surface area contributed by atoms with Crippen LogP contribution in [0.2, 0.25) is 0 Å². The van der Waals surface area contributed by atoms with E-state index < -0.39 is 0 Å². The van der Waals surface area contributed by atoms with Gasteiger partial charge in [-0.1, -0.05) is 30.3 Å². The lowest BCUT2D eigenvalue weighted by Crippen LogP contribution is -2.27. The van der Waals surface area contributed by atoms with Gasteiger partial charge >= 0.3 is 0 Å². The van der Waals surface area contributed by atoms with E-state index in [1.807, 2.05) is 47.4 Å². The predicted octanol–water partition coefficient (Wildman–Crippen LogP) is 3.17. The SMILES string of the molecule is O=C1CSC(c2ccc(O)cc2)N1c1ccccc1. The van der Waals surface area contributed by atoms with Crippen LogP contribution in [0, 0.1) is 0 Å². The number of amides is 1. The molecule has 3 nitrogen and oxygen atoms in total. The highest BCUT2D eigenvalue weighted by Crippen LogP contribution is 2.41. The number of nitrogens with zero attached hydrogens (tertiary/aromatic N) is 1. The lowest BCUT2D eigenvalue weighted by atomic mass is 10.2. The Bertz CT molecular complexity index is 583. The van der Waals surface area contributed by atoms with E-state index in [0.29, 0.717) is 5.75 Å². The molecular formula is C15H13NO2S. The zero-order chi connectivity index (χ0) is 13.2. The van der Waals surface area contributed by atoms with Crippen LogP contribution in [0.4, 0.5) is 5.69 Å². The zero-order valence-corrected chi connectivity index (χ0v) is 11.0. The highest BCUT2D eigenvalue weighted by molar-refractivity contribution is 8.00. The first-order valence-corrected chi connectivity index (χ1v) is 7.08. The van der Waals surface area contributed by atoms with Crippen LogP contribution < -0.4 is 4.90 Å². The average Bonchev–Trinajstić information content (AvgIpc) is 2.82. The molecule has 2 aromatic carbocycles. The number of anilines is 1. The van der Waals surface area contributed by atoms with Crippen LogP contribution in [0.25, 0.3) is 0 Å². The molecule has 1 saturated heterocycles. The Morgan fingerprint density at radius 2 is 1.74 bits per heavy atom. The minimum Gasteiger partial charge on any atom is -0.508 e. The third-order valence-electron chi connectivity index (χ3n) is 3.08. The third kappa shape index (κ3) is 2.31. The van der Waals surface area contributed by atoms with Gasteiger partial charge in [-0.2, -0.15) is 0 Å². The number of thioether (sulfide) groups is 1. The molecule has 1 unspecified atom stereocenters. The average molecular weight is 271 g/mol. The van der Waals surface area contributed by atoms with E-state index in [4.69, 9.17) is 0 Å². The fourth-order valence-electron chi connectivity index (χ4n) is 2.18. The minimum atomic E-state index is -0.0181. The molecule has 0 aliphatic carbocycles. The number of hydrogen-bond acceptors (Lipinski definition) is 3. The van der Waals surface area contributed by atoms with Crippen molar-refractivity contribution in [3.63, 3.8) is 0 Å². The summed E-state index contributed by atoms with van der Waals surface area (Å²) in [4.78, 5) is 13.9. The maximum absolute atomic E-state index is 12.1. The van der Waals surface area contributed by atoms with Crippen molar-refractivity contribution in [3.8, 4) is 5.75 Å². The maximum atomic E-state index is 12.1.